The summed E-state index contributed by atoms with van der Waals surface area (Å²) in [6.07, 6.45) is 3.80. The molecule has 1 aromatic rings. The molecule has 0 aliphatic heterocycles. The zero-order valence-electron chi connectivity index (χ0n) is 11.5. The minimum atomic E-state index is 0.288. The number of nitrogens with one attached hydrogen (secondary N) is 1. The fourth-order valence-corrected chi connectivity index (χ4v) is 1.92. The molecule has 0 aliphatic carbocycles. The molecule has 0 bridgehead atoms. The smallest absolute Gasteiger partial charge is 0.203 e. The van der Waals surface area contributed by atoms with Gasteiger partial charge in [-0.3, -0.25) is 0 Å². The molecule has 0 fully saturated rings. The van der Waals surface area contributed by atoms with Crippen LogP contribution in [0.3, 0.4) is 0 Å². The molecule has 1 heterocycles. The molecular weight excluding hydrogens is 216 g/mol. The molecule has 0 saturated heterocycles. The van der Waals surface area contributed by atoms with Gasteiger partial charge in [0.1, 0.15) is 0 Å². The third-order valence-corrected chi connectivity index (χ3v) is 2.57. The molecule has 1 N–H and O–H groups in total. The van der Waals surface area contributed by atoms with Gasteiger partial charge in [0, 0.05) is 32.1 Å². The van der Waals surface area contributed by atoms with E-state index in [-0.39, 0.29) is 6.04 Å². The van der Waals surface area contributed by atoms with Crippen LogP contribution in [0.1, 0.15) is 19.9 Å². The van der Waals surface area contributed by atoms with Crippen LogP contribution in [0, 0.1) is 0 Å². The van der Waals surface area contributed by atoms with E-state index in [1.165, 1.54) is 0 Å². The fraction of sp³-hybridized carbons (Fsp3) is 0.750. The van der Waals surface area contributed by atoms with E-state index >= 15 is 0 Å². The van der Waals surface area contributed by atoms with E-state index in [0.717, 1.165) is 12.5 Å². The zero-order valence-corrected chi connectivity index (χ0v) is 11.5. The Labute approximate surface area is 104 Å². The van der Waals surface area contributed by atoms with Crippen molar-refractivity contribution in [1.29, 1.82) is 0 Å². The number of anilines is 1. The van der Waals surface area contributed by atoms with Gasteiger partial charge >= 0.3 is 0 Å². The second kappa shape index (κ2) is 6.61. The average molecular weight is 240 g/mol. The number of imidazole rings is 1. The molecule has 0 saturated carbocycles. The summed E-state index contributed by atoms with van der Waals surface area (Å²) in [5.74, 6) is 0.906. The zero-order chi connectivity index (χ0) is 12.8. The van der Waals surface area contributed by atoms with E-state index in [4.69, 9.17) is 4.74 Å². The fourth-order valence-electron chi connectivity index (χ4n) is 1.92. The molecular formula is C12H24N4O. The van der Waals surface area contributed by atoms with Gasteiger partial charge in [-0.1, -0.05) is 0 Å². The molecule has 1 rings (SSSR count). The van der Waals surface area contributed by atoms with Crippen molar-refractivity contribution < 1.29 is 4.74 Å². The standard InChI is InChI=1S/C12H24N4O/c1-10(8-15(3)4)14-12-13-6-7-16(12)11(2)9-17-5/h6-7,10-11H,8-9H2,1-5H3,(H,13,14). The average Bonchev–Trinajstić information content (AvgIpc) is 2.64. The molecule has 0 spiro atoms. The molecule has 0 radical (unpaired) electrons. The Morgan fingerprint density at radius 3 is 2.76 bits per heavy atom. The van der Waals surface area contributed by atoms with Gasteiger partial charge in [-0.2, -0.15) is 0 Å². The highest BCUT2D eigenvalue weighted by molar-refractivity contribution is 5.28. The van der Waals surface area contributed by atoms with Crippen molar-refractivity contribution in [2.75, 3.05) is 39.7 Å². The lowest BCUT2D eigenvalue weighted by Crippen LogP contribution is -2.31. The molecule has 2 atom stereocenters. The lowest BCUT2D eigenvalue weighted by atomic mass is 10.3. The molecule has 17 heavy (non-hydrogen) atoms. The van der Waals surface area contributed by atoms with Crippen molar-refractivity contribution in [1.82, 2.24) is 14.5 Å². The number of aromatic nitrogens is 2. The Bertz CT molecular complexity index is 324. The summed E-state index contributed by atoms with van der Waals surface area (Å²) >= 11 is 0. The Morgan fingerprint density at radius 2 is 2.18 bits per heavy atom. The summed E-state index contributed by atoms with van der Waals surface area (Å²) in [5.41, 5.74) is 0. The van der Waals surface area contributed by atoms with Crippen molar-refractivity contribution in [3.8, 4) is 0 Å². The summed E-state index contributed by atoms with van der Waals surface area (Å²) in [5, 5.41) is 3.42. The highest BCUT2D eigenvalue weighted by Crippen LogP contribution is 2.14. The Balaban J connectivity index is 2.62. The van der Waals surface area contributed by atoms with Crippen LogP contribution in [0.25, 0.3) is 0 Å². The van der Waals surface area contributed by atoms with Crippen LogP contribution in [0.4, 0.5) is 5.95 Å². The first-order chi connectivity index (χ1) is 8.04. The van der Waals surface area contributed by atoms with Gasteiger partial charge in [0.25, 0.3) is 0 Å². The number of likely N-dealkylation sites (N-methyl/N-ethyl adjacent to an activating group) is 1. The minimum Gasteiger partial charge on any atom is -0.383 e. The number of ether oxygens (including phenoxy) is 1. The highest BCUT2D eigenvalue weighted by atomic mass is 16.5. The molecule has 1 aromatic heterocycles. The third-order valence-electron chi connectivity index (χ3n) is 2.57. The van der Waals surface area contributed by atoms with Crippen molar-refractivity contribution in [2.24, 2.45) is 0 Å². The lowest BCUT2D eigenvalue weighted by Gasteiger charge is -2.21. The maximum absolute atomic E-state index is 5.17. The Hall–Kier alpha value is -1.07. The second-order valence-electron chi connectivity index (χ2n) is 4.77. The van der Waals surface area contributed by atoms with Crippen LogP contribution >= 0.6 is 0 Å². The minimum absolute atomic E-state index is 0.288. The summed E-state index contributed by atoms with van der Waals surface area (Å²) < 4.78 is 7.27. The van der Waals surface area contributed by atoms with Crippen LogP contribution in [0.2, 0.25) is 0 Å². The Kier molecular flexibility index (Phi) is 5.44. The second-order valence-corrected chi connectivity index (χ2v) is 4.77. The van der Waals surface area contributed by atoms with Crippen molar-refractivity contribution >= 4 is 5.95 Å². The van der Waals surface area contributed by atoms with Gasteiger partial charge in [-0.15, -0.1) is 0 Å². The normalized spacial score (nSPS) is 14.9. The number of nitrogens with zero attached hydrogens (tertiary/aromatic N) is 3. The molecule has 98 valence electrons. The topological polar surface area (TPSA) is 42.3 Å². The predicted molar refractivity (Wildman–Crippen MR) is 70.5 cm³/mol. The van der Waals surface area contributed by atoms with Gasteiger partial charge < -0.3 is 19.5 Å². The quantitative estimate of drug-likeness (QED) is 0.783. The predicted octanol–water partition coefficient (Wildman–Crippen LogP) is 1.45. The molecule has 0 aliphatic rings. The summed E-state index contributed by atoms with van der Waals surface area (Å²) in [4.78, 5) is 6.50. The van der Waals surface area contributed by atoms with Gasteiger partial charge in [-0.05, 0) is 27.9 Å². The van der Waals surface area contributed by atoms with Gasteiger partial charge in [-0.25, -0.2) is 4.98 Å². The summed E-state index contributed by atoms with van der Waals surface area (Å²) in [6.45, 7) is 5.94. The number of methoxy groups -OCH3 is 1. The van der Waals surface area contributed by atoms with E-state index in [2.05, 4.69) is 47.7 Å². The largest absolute Gasteiger partial charge is 0.383 e. The highest BCUT2D eigenvalue weighted by Gasteiger charge is 2.12. The first kappa shape index (κ1) is 14.0. The molecule has 0 amide bonds. The Morgan fingerprint density at radius 1 is 1.47 bits per heavy atom. The van der Waals surface area contributed by atoms with Crippen LogP contribution in [0.5, 0.6) is 0 Å². The SMILES string of the molecule is COCC(C)n1ccnc1NC(C)CN(C)C. The van der Waals surface area contributed by atoms with E-state index in [1.807, 2.05) is 12.4 Å². The van der Waals surface area contributed by atoms with Gasteiger partial charge in [0.15, 0.2) is 0 Å². The number of rotatable bonds is 7. The maximum Gasteiger partial charge on any atom is 0.203 e. The van der Waals surface area contributed by atoms with Crippen molar-refractivity contribution in [2.45, 2.75) is 25.9 Å². The van der Waals surface area contributed by atoms with Crippen molar-refractivity contribution in [3.63, 3.8) is 0 Å². The number of hydrogen-bond acceptors (Lipinski definition) is 4. The molecule has 5 nitrogen and oxygen atoms in total. The molecule has 5 heteroatoms. The van der Waals surface area contributed by atoms with Crippen LogP contribution in [-0.4, -0.2) is 54.8 Å². The van der Waals surface area contributed by atoms with Crippen LogP contribution in [0.15, 0.2) is 12.4 Å². The molecule has 2 unspecified atom stereocenters. The monoisotopic (exact) mass is 240 g/mol. The maximum atomic E-state index is 5.17. The summed E-state index contributed by atoms with van der Waals surface area (Å²) in [6, 6.07) is 0.650. The van der Waals surface area contributed by atoms with Crippen LogP contribution in [-0.2, 0) is 4.74 Å². The van der Waals surface area contributed by atoms with E-state index < -0.39 is 0 Å². The van der Waals surface area contributed by atoms with E-state index in [9.17, 15) is 0 Å². The lowest BCUT2D eigenvalue weighted by molar-refractivity contribution is 0.163. The third kappa shape index (κ3) is 4.36. The molecule has 0 aromatic carbocycles. The van der Waals surface area contributed by atoms with Crippen LogP contribution < -0.4 is 5.32 Å². The van der Waals surface area contributed by atoms with E-state index in [0.29, 0.717) is 12.6 Å². The van der Waals surface area contributed by atoms with Crippen molar-refractivity contribution in [3.05, 3.63) is 12.4 Å². The van der Waals surface area contributed by atoms with Gasteiger partial charge in [0.05, 0.1) is 12.6 Å². The van der Waals surface area contributed by atoms with Gasteiger partial charge in [0.2, 0.25) is 5.95 Å². The summed E-state index contributed by atoms with van der Waals surface area (Å²) in [7, 11) is 5.85. The first-order valence-corrected chi connectivity index (χ1v) is 5.97. The van der Waals surface area contributed by atoms with E-state index in [1.54, 1.807) is 7.11 Å². The number of hydrogen-bond donors (Lipinski definition) is 1. The first-order valence-electron chi connectivity index (χ1n) is 5.97.